The van der Waals surface area contributed by atoms with Crippen LogP contribution in [0.15, 0.2) is 12.1 Å². The van der Waals surface area contributed by atoms with E-state index >= 15 is 0 Å². The molecule has 0 amide bonds. The molecule has 0 radical (unpaired) electrons. The summed E-state index contributed by atoms with van der Waals surface area (Å²) >= 11 is 2.59. The Balaban J connectivity index is 3.58. The fraction of sp³-hybridized carbons (Fsp3) is 0.333. The molecule has 0 saturated carbocycles. The van der Waals surface area contributed by atoms with Crippen molar-refractivity contribution in [2.75, 3.05) is 0 Å². The number of aromatic hydroxyl groups is 1. The van der Waals surface area contributed by atoms with Crippen molar-refractivity contribution < 1.29 is 31.4 Å². The second-order valence-electron chi connectivity index (χ2n) is 3.15. The van der Waals surface area contributed by atoms with E-state index in [2.05, 4.69) is 15.9 Å². The van der Waals surface area contributed by atoms with Gasteiger partial charge in [-0.05, 0) is 17.7 Å². The van der Waals surface area contributed by atoms with Crippen LogP contribution in [0.1, 0.15) is 16.7 Å². The van der Waals surface area contributed by atoms with Crippen molar-refractivity contribution >= 4 is 15.9 Å². The first kappa shape index (κ1) is 14.1. The van der Waals surface area contributed by atoms with Gasteiger partial charge in [0.05, 0.1) is 11.1 Å². The summed E-state index contributed by atoms with van der Waals surface area (Å²) in [4.78, 5) is 0. The molecule has 0 aliphatic carbocycles. The maximum Gasteiger partial charge on any atom is 0.416 e. The van der Waals surface area contributed by atoms with Gasteiger partial charge in [-0.15, -0.1) is 0 Å². The standard InChI is InChI=1S/C9H5BrF6O/c10-3-5-6(8(11,12)13)1-4(17)2-7(5)9(14,15)16/h1-2,17H,3H2. The molecular formula is C9H5BrF6O. The number of alkyl halides is 7. The quantitative estimate of drug-likeness (QED) is 0.603. The molecule has 0 aliphatic heterocycles. The largest absolute Gasteiger partial charge is 0.508 e. The third kappa shape index (κ3) is 3.05. The number of benzene rings is 1. The highest BCUT2D eigenvalue weighted by Crippen LogP contribution is 2.42. The predicted octanol–water partition coefficient (Wildman–Crippen LogP) is 4.32. The summed E-state index contributed by atoms with van der Waals surface area (Å²) < 4.78 is 74.9. The molecule has 0 spiro atoms. The number of hydrogen-bond donors (Lipinski definition) is 1. The topological polar surface area (TPSA) is 20.2 Å². The maximum atomic E-state index is 12.5. The molecule has 0 saturated heterocycles. The van der Waals surface area contributed by atoms with Gasteiger partial charge in [0, 0.05) is 5.33 Å². The van der Waals surface area contributed by atoms with E-state index in [9.17, 15) is 26.3 Å². The Hall–Kier alpha value is -0.920. The second kappa shape index (κ2) is 4.40. The summed E-state index contributed by atoms with van der Waals surface area (Å²) in [7, 11) is 0. The molecule has 0 fully saturated rings. The van der Waals surface area contributed by atoms with E-state index in [-0.39, 0.29) is 12.1 Å². The fourth-order valence-electron chi connectivity index (χ4n) is 1.31. The van der Waals surface area contributed by atoms with Crippen molar-refractivity contribution in [1.29, 1.82) is 0 Å². The summed E-state index contributed by atoms with van der Waals surface area (Å²) in [6.45, 7) is 0. The van der Waals surface area contributed by atoms with Crippen LogP contribution in [-0.4, -0.2) is 5.11 Å². The molecule has 1 aromatic rings. The van der Waals surface area contributed by atoms with Gasteiger partial charge in [-0.1, -0.05) is 15.9 Å². The highest BCUT2D eigenvalue weighted by atomic mass is 79.9. The van der Waals surface area contributed by atoms with E-state index in [1.807, 2.05) is 0 Å². The SMILES string of the molecule is Oc1cc(C(F)(F)F)c(CBr)c(C(F)(F)F)c1. The van der Waals surface area contributed by atoms with E-state index in [1.54, 1.807) is 0 Å². The summed E-state index contributed by atoms with van der Waals surface area (Å²) in [6.07, 6.45) is -9.91. The van der Waals surface area contributed by atoms with Gasteiger partial charge in [-0.25, -0.2) is 0 Å². The predicted molar refractivity (Wildman–Crippen MR) is 50.7 cm³/mol. The van der Waals surface area contributed by atoms with Gasteiger partial charge in [0.2, 0.25) is 0 Å². The molecule has 0 bridgehead atoms. The first-order valence-corrected chi connectivity index (χ1v) is 5.25. The van der Waals surface area contributed by atoms with Gasteiger partial charge in [0.15, 0.2) is 0 Å². The van der Waals surface area contributed by atoms with Gasteiger partial charge < -0.3 is 5.11 Å². The minimum atomic E-state index is -4.96. The molecule has 8 heteroatoms. The van der Waals surface area contributed by atoms with Crippen molar-refractivity contribution in [3.8, 4) is 5.75 Å². The zero-order valence-electron chi connectivity index (χ0n) is 7.95. The van der Waals surface area contributed by atoms with Gasteiger partial charge in [-0.3, -0.25) is 0 Å². The van der Waals surface area contributed by atoms with Crippen molar-refractivity contribution in [3.63, 3.8) is 0 Å². The Labute approximate surface area is 100 Å². The van der Waals surface area contributed by atoms with Gasteiger partial charge >= 0.3 is 12.4 Å². The van der Waals surface area contributed by atoms with Crippen LogP contribution in [0.4, 0.5) is 26.3 Å². The van der Waals surface area contributed by atoms with Crippen LogP contribution < -0.4 is 0 Å². The highest BCUT2D eigenvalue weighted by molar-refractivity contribution is 9.08. The summed E-state index contributed by atoms with van der Waals surface area (Å²) in [5.41, 5.74) is -3.94. The van der Waals surface area contributed by atoms with Crippen LogP contribution in [-0.2, 0) is 17.7 Å². The molecule has 0 heterocycles. The van der Waals surface area contributed by atoms with Gasteiger partial charge in [0.25, 0.3) is 0 Å². The third-order valence-corrected chi connectivity index (χ3v) is 2.54. The van der Waals surface area contributed by atoms with Crippen molar-refractivity contribution in [1.82, 2.24) is 0 Å². The minimum absolute atomic E-state index is 0.270. The third-order valence-electron chi connectivity index (χ3n) is 1.98. The molecule has 0 aliphatic rings. The normalized spacial score (nSPS) is 12.9. The zero-order chi connectivity index (χ0) is 13.4. The first-order valence-electron chi connectivity index (χ1n) is 4.13. The van der Waals surface area contributed by atoms with E-state index < -0.39 is 40.1 Å². The molecule has 17 heavy (non-hydrogen) atoms. The fourth-order valence-corrected chi connectivity index (χ4v) is 1.91. The smallest absolute Gasteiger partial charge is 0.416 e. The number of rotatable bonds is 1. The molecular weight excluding hydrogens is 318 g/mol. The second-order valence-corrected chi connectivity index (χ2v) is 3.71. The number of phenolic OH excluding ortho intramolecular Hbond substituents is 1. The van der Waals surface area contributed by atoms with Crippen molar-refractivity contribution in [3.05, 3.63) is 28.8 Å². The van der Waals surface area contributed by atoms with Crippen molar-refractivity contribution in [2.24, 2.45) is 0 Å². The lowest BCUT2D eigenvalue weighted by molar-refractivity contribution is -0.144. The molecule has 1 rings (SSSR count). The van der Waals surface area contributed by atoms with E-state index in [0.29, 0.717) is 0 Å². The Morgan fingerprint density at radius 2 is 1.29 bits per heavy atom. The van der Waals surface area contributed by atoms with E-state index in [4.69, 9.17) is 5.11 Å². The summed E-state index contributed by atoms with van der Waals surface area (Å²) in [5.74, 6) is -1.07. The maximum absolute atomic E-state index is 12.5. The lowest BCUT2D eigenvalue weighted by Crippen LogP contribution is -2.15. The van der Waals surface area contributed by atoms with Crippen LogP contribution in [0.5, 0.6) is 5.75 Å². The molecule has 1 aromatic carbocycles. The Bertz CT molecular complexity index is 387. The van der Waals surface area contributed by atoms with Gasteiger partial charge in [-0.2, -0.15) is 26.3 Å². The van der Waals surface area contributed by atoms with Crippen LogP contribution in [0, 0.1) is 0 Å². The molecule has 0 aromatic heterocycles. The Kier molecular flexibility index (Phi) is 3.66. The lowest BCUT2D eigenvalue weighted by atomic mass is 10.0. The first-order chi connectivity index (χ1) is 7.57. The average Bonchev–Trinajstić information content (AvgIpc) is 2.13. The molecule has 0 unspecified atom stereocenters. The molecule has 1 N–H and O–H groups in total. The molecule has 1 nitrogen and oxygen atoms in total. The minimum Gasteiger partial charge on any atom is -0.508 e. The van der Waals surface area contributed by atoms with Crippen LogP contribution in [0.3, 0.4) is 0 Å². The van der Waals surface area contributed by atoms with E-state index in [0.717, 1.165) is 0 Å². The Morgan fingerprint density at radius 3 is 1.53 bits per heavy atom. The molecule has 96 valence electrons. The zero-order valence-corrected chi connectivity index (χ0v) is 9.54. The highest BCUT2D eigenvalue weighted by Gasteiger charge is 2.40. The average molecular weight is 323 g/mol. The summed E-state index contributed by atoms with van der Waals surface area (Å²) in [5, 5.41) is 8.31. The number of hydrogen-bond acceptors (Lipinski definition) is 1. The van der Waals surface area contributed by atoms with Crippen LogP contribution in [0.25, 0.3) is 0 Å². The number of phenols is 1. The lowest BCUT2D eigenvalue weighted by Gasteiger charge is -2.17. The summed E-state index contributed by atoms with van der Waals surface area (Å²) in [6, 6.07) is 0.539. The van der Waals surface area contributed by atoms with Crippen LogP contribution in [0.2, 0.25) is 0 Å². The monoisotopic (exact) mass is 322 g/mol. The van der Waals surface area contributed by atoms with Gasteiger partial charge in [0.1, 0.15) is 5.75 Å². The number of halogens is 7. The van der Waals surface area contributed by atoms with E-state index in [1.165, 1.54) is 0 Å². The Morgan fingerprint density at radius 1 is 0.941 bits per heavy atom. The van der Waals surface area contributed by atoms with Crippen molar-refractivity contribution in [2.45, 2.75) is 17.7 Å². The van der Waals surface area contributed by atoms with Crippen LogP contribution >= 0.6 is 15.9 Å². The molecule has 0 atom stereocenters.